The Balaban J connectivity index is 2.35. The maximum absolute atomic E-state index is 12.5. The van der Waals surface area contributed by atoms with Crippen LogP contribution in [0.25, 0.3) is 5.69 Å². The van der Waals surface area contributed by atoms with E-state index in [2.05, 4.69) is 14.6 Å². The molecule has 0 spiro atoms. The Labute approximate surface area is 166 Å². The number of carbonyl (C=O) groups excluding carboxylic acids is 1. The van der Waals surface area contributed by atoms with Gasteiger partial charge in [-0.3, -0.25) is 9.59 Å². The van der Waals surface area contributed by atoms with Crippen LogP contribution >= 0.6 is 23.2 Å². The van der Waals surface area contributed by atoms with Gasteiger partial charge < -0.3 is 4.74 Å². The number of ether oxygens (including phenoxy) is 1. The van der Waals surface area contributed by atoms with E-state index in [0.29, 0.717) is 5.69 Å². The number of rotatable bonds is 6. The highest BCUT2D eigenvalue weighted by molar-refractivity contribution is 7.89. The number of benzene rings is 1. The Morgan fingerprint density at radius 3 is 2.33 bits per heavy atom. The van der Waals surface area contributed by atoms with Crippen molar-refractivity contribution in [1.82, 2.24) is 14.5 Å². The Morgan fingerprint density at radius 1 is 1.22 bits per heavy atom. The van der Waals surface area contributed by atoms with Crippen LogP contribution in [-0.4, -0.2) is 37.3 Å². The number of halogens is 2. The van der Waals surface area contributed by atoms with Crippen LogP contribution in [0.2, 0.25) is 10.0 Å². The number of hydrogen-bond donors (Lipinski definition) is 1. The van der Waals surface area contributed by atoms with E-state index < -0.39 is 27.6 Å². The van der Waals surface area contributed by atoms with Crippen LogP contribution in [0.15, 0.2) is 40.2 Å². The van der Waals surface area contributed by atoms with E-state index >= 15 is 0 Å². The summed E-state index contributed by atoms with van der Waals surface area (Å²) in [4.78, 5) is 23.8. The first-order chi connectivity index (χ1) is 12.6. The van der Waals surface area contributed by atoms with Crippen molar-refractivity contribution < 1.29 is 17.9 Å². The molecule has 27 heavy (non-hydrogen) atoms. The second-order valence-corrected chi connectivity index (χ2v) is 8.38. The van der Waals surface area contributed by atoms with Gasteiger partial charge in [-0.15, -0.1) is 0 Å². The van der Waals surface area contributed by atoms with E-state index in [0.717, 1.165) is 4.68 Å². The number of nitrogens with one attached hydrogen (secondary N) is 1. The van der Waals surface area contributed by atoms with Crippen molar-refractivity contribution in [3.63, 3.8) is 0 Å². The first kappa shape index (κ1) is 21.4. The van der Waals surface area contributed by atoms with Gasteiger partial charge in [-0.05, 0) is 30.2 Å². The van der Waals surface area contributed by atoms with Crippen molar-refractivity contribution in [1.29, 1.82) is 0 Å². The first-order valence-electron chi connectivity index (χ1n) is 7.72. The minimum atomic E-state index is -3.99. The summed E-state index contributed by atoms with van der Waals surface area (Å²) in [7, 11) is -2.81. The van der Waals surface area contributed by atoms with Crippen LogP contribution in [0.4, 0.5) is 0 Å². The summed E-state index contributed by atoms with van der Waals surface area (Å²) in [6.07, 6.45) is 1.21. The molecular weight excluding hydrogens is 417 g/mol. The van der Waals surface area contributed by atoms with Crippen molar-refractivity contribution in [2.24, 2.45) is 5.92 Å². The maximum atomic E-state index is 12.5. The smallest absolute Gasteiger partial charge is 0.324 e. The molecule has 0 aliphatic carbocycles. The van der Waals surface area contributed by atoms with E-state index in [1.807, 2.05) is 0 Å². The summed E-state index contributed by atoms with van der Waals surface area (Å²) in [6.45, 7) is 3.38. The van der Waals surface area contributed by atoms with Crippen molar-refractivity contribution in [3.8, 4) is 5.69 Å². The highest BCUT2D eigenvalue weighted by Crippen LogP contribution is 2.18. The van der Waals surface area contributed by atoms with Gasteiger partial charge in [0.2, 0.25) is 10.0 Å². The van der Waals surface area contributed by atoms with Gasteiger partial charge in [0.15, 0.2) is 0 Å². The zero-order chi connectivity index (χ0) is 20.4. The molecule has 1 aromatic carbocycles. The molecule has 11 heteroatoms. The van der Waals surface area contributed by atoms with E-state index in [9.17, 15) is 18.0 Å². The lowest BCUT2D eigenvalue weighted by atomic mass is 10.1. The molecule has 1 N–H and O–H groups in total. The molecule has 0 aliphatic rings. The zero-order valence-electron chi connectivity index (χ0n) is 14.6. The van der Waals surface area contributed by atoms with Gasteiger partial charge in [0, 0.05) is 0 Å². The summed E-state index contributed by atoms with van der Waals surface area (Å²) in [5.74, 6) is -0.998. The molecule has 2 aromatic rings. The summed E-state index contributed by atoms with van der Waals surface area (Å²) in [5, 5.41) is 3.69. The molecular formula is C16H17Cl2N3O5S. The standard InChI is InChI=1S/C16H17Cl2N3O5S/c1-9(2)14(16(23)26-3)20-27(24,25)11-6-4-10(5-7-11)21-15(22)13(18)12(17)8-19-21/h4-9,14,20H,1-3H3/t14-/m0/s1. The number of aromatic nitrogens is 2. The number of esters is 1. The molecule has 0 saturated heterocycles. The lowest BCUT2D eigenvalue weighted by Gasteiger charge is -2.19. The molecule has 0 unspecified atom stereocenters. The largest absolute Gasteiger partial charge is 0.468 e. The molecule has 0 radical (unpaired) electrons. The number of hydrogen-bond acceptors (Lipinski definition) is 6. The molecule has 0 amide bonds. The highest BCUT2D eigenvalue weighted by atomic mass is 35.5. The Bertz CT molecular complexity index is 1000. The van der Waals surface area contributed by atoms with Crippen LogP contribution in [0, 0.1) is 5.92 Å². The van der Waals surface area contributed by atoms with Crippen molar-refractivity contribution in [2.75, 3.05) is 7.11 Å². The predicted octanol–water partition coefficient (Wildman–Crippen LogP) is 2.02. The van der Waals surface area contributed by atoms with E-state index in [4.69, 9.17) is 23.2 Å². The summed E-state index contributed by atoms with van der Waals surface area (Å²) in [5.41, 5.74) is -0.339. The number of carbonyl (C=O) groups is 1. The van der Waals surface area contributed by atoms with Gasteiger partial charge in [0.1, 0.15) is 11.1 Å². The fourth-order valence-corrected chi connectivity index (χ4v) is 3.77. The molecule has 0 bridgehead atoms. The van der Waals surface area contributed by atoms with Crippen LogP contribution in [0.3, 0.4) is 0 Å². The quantitative estimate of drug-likeness (QED) is 0.698. The van der Waals surface area contributed by atoms with Crippen LogP contribution in [0.5, 0.6) is 0 Å². The normalized spacial score (nSPS) is 12.8. The van der Waals surface area contributed by atoms with E-state index in [-0.39, 0.29) is 20.9 Å². The highest BCUT2D eigenvalue weighted by Gasteiger charge is 2.29. The fraction of sp³-hybridized carbons (Fsp3) is 0.312. The second kappa shape index (κ2) is 8.39. The third kappa shape index (κ3) is 4.67. The molecule has 1 atom stereocenters. The molecule has 8 nitrogen and oxygen atoms in total. The SMILES string of the molecule is COC(=O)[C@@H](NS(=O)(=O)c1ccc(-n2ncc(Cl)c(Cl)c2=O)cc1)C(C)C. The lowest BCUT2D eigenvalue weighted by molar-refractivity contribution is -0.143. The van der Waals surface area contributed by atoms with Crippen LogP contribution in [-0.2, 0) is 19.6 Å². The van der Waals surface area contributed by atoms with Crippen molar-refractivity contribution >= 4 is 39.2 Å². The molecule has 0 saturated carbocycles. The van der Waals surface area contributed by atoms with Gasteiger partial charge in [0.25, 0.3) is 5.56 Å². The minimum Gasteiger partial charge on any atom is -0.468 e. The van der Waals surface area contributed by atoms with Gasteiger partial charge in [-0.1, -0.05) is 37.0 Å². The van der Waals surface area contributed by atoms with Gasteiger partial charge in [0.05, 0.1) is 28.9 Å². The molecule has 1 aromatic heterocycles. The van der Waals surface area contributed by atoms with Crippen molar-refractivity contribution in [3.05, 3.63) is 50.9 Å². The minimum absolute atomic E-state index is 0.0175. The number of nitrogens with zero attached hydrogens (tertiary/aromatic N) is 2. The average molecular weight is 434 g/mol. The van der Waals surface area contributed by atoms with Gasteiger partial charge in [-0.25, -0.2) is 8.42 Å². The molecule has 0 aliphatic heterocycles. The van der Waals surface area contributed by atoms with E-state index in [1.54, 1.807) is 13.8 Å². The zero-order valence-corrected chi connectivity index (χ0v) is 17.0. The molecule has 2 rings (SSSR count). The Hall–Kier alpha value is -1.94. The van der Waals surface area contributed by atoms with Crippen LogP contribution < -0.4 is 10.3 Å². The first-order valence-corrected chi connectivity index (χ1v) is 9.96. The van der Waals surface area contributed by atoms with Crippen molar-refractivity contribution in [2.45, 2.75) is 24.8 Å². The van der Waals surface area contributed by atoms with Gasteiger partial charge in [-0.2, -0.15) is 14.5 Å². The summed E-state index contributed by atoms with van der Waals surface area (Å²) >= 11 is 11.5. The fourth-order valence-electron chi connectivity index (χ4n) is 2.18. The lowest BCUT2D eigenvalue weighted by Crippen LogP contribution is -2.44. The Morgan fingerprint density at radius 2 is 1.81 bits per heavy atom. The molecule has 146 valence electrons. The third-order valence-electron chi connectivity index (χ3n) is 3.67. The second-order valence-electron chi connectivity index (χ2n) is 5.88. The average Bonchev–Trinajstić information content (AvgIpc) is 2.63. The van der Waals surface area contributed by atoms with E-state index in [1.165, 1.54) is 37.6 Å². The predicted molar refractivity (Wildman–Crippen MR) is 101 cm³/mol. The number of sulfonamides is 1. The topological polar surface area (TPSA) is 107 Å². The van der Waals surface area contributed by atoms with Crippen LogP contribution in [0.1, 0.15) is 13.8 Å². The summed E-state index contributed by atoms with van der Waals surface area (Å²) < 4.78 is 33.0. The number of methoxy groups -OCH3 is 1. The third-order valence-corrected chi connectivity index (χ3v) is 5.88. The monoisotopic (exact) mass is 433 g/mol. The maximum Gasteiger partial charge on any atom is 0.324 e. The molecule has 1 heterocycles. The summed E-state index contributed by atoms with van der Waals surface area (Å²) in [6, 6.07) is 4.30. The Kier molecular flexibility index (Phi) is 6.63. The molecule has 0 fully saturated rings. The van der Waals surface area contributed by atoms with Gasteiger partial charge >= 0.3 is 5.97 Å².